The van der Waals surface area contributed by atoms with Crippen LogP contribution in [0.2, 0.25) is 0 Å². The van der Waals surface area contributed by atoms with Gasteiger partial charge in [0.05, 0.1) is 10.5 Å². The molecule has 19 heavy (non-hydrogen) atoms. The van der Waals surface area contributed by atoms with Gasteiger partial charge in [0.15, 0.2) is 11.1 Å². The van der Waals surface area contributed by atoms with E-state index in [4.69, 9.17) is 0 Å². The molecule has 1 unspecified atom stereocenters. The van der Waals surface area contributed by atoms with Crippen LogP contribution in [0.1, 0.15) is 5.56 Å². The maximum Gasteiger partial charge on any atom is 0.417 e. The number of benzene rings is 2. The Bertz CT molecular complexity index is 609. The van der Waals surface area contributed by atoms with Gasteiger partial charge < -0.3 is 4.55 Å². The van der Waals surface area contributed by atoms with Crippen molar-refractivity contribution in [3.63, 3.8) is 0 Å². The zero-order valence-electron chi connectivity index (χ0n) is 9.52. The van der Waals surface area contributed by atoms with Crippen LogP contribution in [0.15, 0.2) is 53.4 Å². The molecule has 1 N–H and O–H groups in total. The van der Waals surface area contributed by atoms with Crippen LogP contribution in [-0.4, -0.2) is 8.76 Å². The summed E-state index contributed by atoms with van der Waals surface area (Å²) in [5, 5.41) is 0. The van der Waals surface area contributed by atoms with Gasteiger partial charge in [-0.2, -0.15) is 13.2 Å². The molecule has 1 atom stereocenters. The van der Waals surface area contributed by atoms with Crippen LogP contribution in [0.3, 0.4) is 0 Å². The maximum atomic E-state index is 12.9. The summed E-state index contributed by atoms with van der Waals surface area (Å²) < 4.78 is 59.0. The number of hydrogen-bond donors (Lipinski definition) is 1. The van der Waals surface area contributed by atoms with Gasteiger partial charge >= 0.3 is 6.18 Å². The van der Waals surface area contributed by atoms with Crippen molar-refractivity contribution in [2.45, 2.75) is 11.1 Å². The van der Waals surface area contributed by atoms with Crippen molar-refractivity contribution < 1.29 is 21.9 Å². The first-order chi connectivity index (χ1) is 8.91. The van der Waals surface area contributed by atoms with Crippen molar-refractivity contribution in [2.24, 2.45) is 0 Å². The summed E-state index contributed by atoms with van der Waals surface area (Å²) in [6, 6.07) is 11.6. The van der Waals surface area contributed by atoms with Gasteiger partial charge in [-0.3, -0.25) is 0 Å². The summed E-state index contributed by atoms with van der Waals surface area (Å²) in [4.78, 5) is -0.610. The topological polar surface area (TPSA) is 37.3 Å². The first kappa shape index (κ1) is 13.8. The molecule has 6 heteroatoms. The Balaban J connectivity index is 2.73. The van der Waals surface area contributed by atoms with Gasteiger partial charge in [-0.05, 0) is 11.6 Å². The fourth-order valence-electron chi connectivity index (χ4n) is 1.79. The van der Waals surface area contributed by atoms with Crippen molar-refractivity contribution >= 4 is 11.1 Å². The van der Waals surface area contributed by atoms with Crippen LogP contribution in [0.4, 0.5) is 13.2 Å². The molecule has 0 amide bonds. The van der Waals surface area contributed by atoms with E-state index >= 15 is 0 Å². The Morgan fingerprint density at radius 1 is 0.947 bits per heavy atom. The Labute approximate surface area is 110 Å². The molecule has 0 saturated carbocycles. The zero-order chi connectivity index (χ0) is 14.0. The third-order valence-corrected chi connectivity index (χ3v) is 3.37. The minimum atomic E-state index is -4.67. The molecule has 2 aromatic rings. The van der Waals surface area contributed by atoms with Crippen molar-refractivity contribution in [3.05, 3.63) is 54.1 Å². The molecule has 2 aromatic carbocycles. The summed E-state index contributed by atoms with van der Waals surface area (Å²) in [6.07, 6.45) is -4.67. The van der Waals surface area contributed by atoms with E-state index in [-0.39, 0.29) is 5.56 Å². The van der Waals surface area contributed by atoms with Gasteiger partial charge in [0, 0.05) is 5.56 Å². The van der Waals surface area contributed by atoms with E-state index in [1.54, 1.807) is 30.3 Å². The monoisotopic (exact) mass is 286 g/mol. The first-order valence-electron chi connectivity index (χ1n) is 5.28. The van der Waals surface area contributed by atoms with Gasteiger partial charge in [0.1, 0.15) is 0 Å². The van der Waals surface area contributed by atoms with Crippen LogP contribution in [0, 0.1) is 0 Å². The summed E-state index contributed by atoms with van der Waals surface area (Å²) in [6.45, 7) is 0. The third kappa shape index (κ3) is 2.85. The van der Waals surface area contributed by atoms with Crippen LogP contribution < -0.4 is 0 Å². The second kappa shape index (κ2) is 5.14. The average molecular weight is 286 g/mol. The molecule has 2 nitrogen and oxygen atoms in total. The molecule has 100 valence electrons. The zero-order valence-corrected chi connectivity index (χ0v) is 10.3. The molecule has 0 saturated heterocycles. The quantitative estimate of drug-likeness (QED) is 0.849. The molecule has 0 aliphatic rings. The van der Waals surface area contributed by atoms with E-state index in [0.29, 0.717) is 5.56 Å². The van der Waals surface area contributed by atoms with Crippen molar-refractivity contribution in [2.75, 3.05) is 0 Å². The highest BCUT2D eigenvalue weighted by Crippen LogP contribution is 2.38. The predicted octanol–water partition coefficient (Wildman–Crippen LogP) is 3.95. The van der Waals surface area contributed by atoms with E-state index in [2.05, 4.69) is 0 Å². The SMILES string of the molecule is O=S(O)c1c(-c2ccccc2)cccc1C(F)(F)F. The van der Waals surface area contributed by atoms with E-state index < -0.39 is 27.7 Å². The summed E-state index contributed by atoms with van der Waals surface area (Å²) in [7, 11) is 0. The number of hydrogen-bond acceptors (Lipinski definition) is 1. The molecule has 0 aliphatic heterocycles. The third-order valence-electron chi connectivity index (χ3n) is 2.58. The highest BCUT2D eigenvalue weighted by molar-refractivity contribution is 7.79. The molecule has 0 aromatic heterocycles. The molecule has 2 rings (SSSR count). The van der Waals surface area contributed by atoms with Gasteiger partial charge in [-0.25, -0.2) is 4.21 Å². The maximum absolute atomic E-state index is 12.9. The molecule has 0 heterocycles. The minimum Gasteiger partial charge on any atom is -0.302 e. The van der Waals surface area contributed by atoms with Crippen LogP contribution in [0.5, 0.6) is 0 Å². The fraction of sp³-hybridized carbons (Fsp3) is 0.0769. The highest BCUT2D eigenvalue weighted by atomic mass is 32.2. The number of rotatable bonds is 2. The minimum absolute atomic E-state index is 0.108. The standard InChI is InChI=1S/C13H9F3O2S/c14-13(15,16)11-8-4-7-10(12(11)19(17)18)9-5-2-1-3-6-9/h1-8H,(H,17,18). The molecule has 0 spiro atoms. The van der Waals surface area contributed by atoms with Crippen molar-refractivity contribution in [3.8, 4) is 11.1 Å². The summed E-state index contributed by atoms with van der Waals surface area (Å²) in [5.74, 6) is 0. The second-order valence-electron chi connectivity index (χ2n) is 3.80. The van der Waals surface area contributed by atoms with Crippen LogP contribution in [0.25, 0.3) is 11.1 Å². The van der Waals surface area contributed by atoms with Gasteiger partial charge in [0.25, 0.3) is 0 Å². The number of halogens is 3. The van der Waals surface area contributed by atoms with Crippen LogP contribution >= 0.6 is 0 Å². The Kier molecular flexibility index (Phi) is 3.73. The van der Waals surface area contributed by atoms with Crippen LogP contribution in [-0.2, 0) is 17.3 Å². The summed E-state index contributed by atoms with van der Waals surface area (Å²) >= 11 is -2.72. The highest BCUT2D eigenvalue weighted by Gasteiger charge is 2.36. The predicted molar refractivity (Wildman–Crippen MR) is 65.9 cm³/mol. The molecule has 0 fully saturated rings. The molecule has 0 bridgehead atoms. The fourth-order valence-corrected chi connectivity index (χ4v) is 2.54. The van der Waals surface area contributed by atoms with Gasteiger partial charge in [-0.15, -0.1) is 0 Å². The molecule has 0 radical (unpaired) electrons. The lowest BCUT2D eigenvalue weighted by molar-refractivity contribution is -0.139. The average Bonchev–Trinajstić information content (AvgIpc) is 2.37. The lowest BCUT2D eigenvalue weighted by atomic mass is 10.0. The van der Waals surface area contributed by atoms with E-state index in [1.165, 1.54) is 12.1 Å². The smallest absolute Gasteiger partial charge is 0.302 e. The van der Waals surface area contributed by atoms with Gasteiger partial charge in [0.2, 0.25) is 0 Å². The summed E-state index contributed by atoms with van der Waals surface area (Å²) in [5.41, 5.74) is -0.517. The lowest BCUT2D eigenvalue weighted by Gasteiger charge is -2.14. The van der Waals surface area contributed by atoms with E-state index in [9.17, 15) is 21.9 Å². The van der Waals surface area contributed by atoms with Gasteiger partial charge in [-0.1, -0.05) is 42.5 Å². The normalized spacial score (nSPS) is 13.3. The Morgan fingerprint density at radius 2 is 1.58 bits per heavy atom. The second-order valence-corrected chi connectivity index (χ2v) is 4.70. The Morgan fingerprint density at radius 3 is 2.11 bits per heavy atom. The molecular formula is C13H9F3O2S. The number of alkyl halides is 3. The molecular weight excluding hydrogens is 277 g/mol. The first-order valence-corrected chi connectivity index (χ1v) is 6.38. The molecule has 0 aliphatic carbocycles. The van der Waals surface area contributed by atoms with E-state index in [0.717, 1.165) is 6.07 Å². The Hall–Kier alpha value is -1.66. The lowest BCUT2D eigenvalue weighted by Crippen LogP contribution is -2.11. The van der Waals surface area contributed by atoms with E-state index in [1.807, 2.05) is 0 Å². The largest absolute Gasteiger partial charge is 0.417 e. The van der Waals surface area contributed by atoms with Crippen molar-refractivity contribution in [1.29, 1.82) is 0 Å². The van der Waals surface area contributed by atoms with Crippen molar-refractivity contribution in [1.82, 2.24) is 0 Å².